The van der Waals surface area contributed by atoms with Gasteiger partial charge in [-0.1, -0.05) is 0 Å². The first-order valence-corrected chi connectivity index (χ1v) is 4.71. The second-order valence-electron chi connectivity index (χ2n) is 3.53. The molecule has 1 aromatic carbocycles. The van der Waals surface area contributed by atoms with E-state index in [1.807, 2.05) is 0 Å². The van der Waals surface area contributed by atoms with Crippen LogP contribution in [0, 0.1) is 25.5 Å². The topological polar surface area (TPSA) is 38.0 Å². The van der Waals surface area contributed by atoms with Crippen molar-refractivity contribution in [1.82, 2.24) is 9.78 Å². The van der Waals surface area contributed by atoms with Crippen molar-refractivity contribution in [3.05, 3.63) is 41.2 Å². The molecule has 0 fully saturated rings. The number of nitrogens with zero attached hydrogens (tertiary/aromatic N) is 2. The molecular formula is C11H10F2N2O. The van der Waals surface area contributed by atoms with E-state index in [2.05, 4.69) is 5.10 Å². The summed E-state index contributed by atoms with van der Waals surface area (Å²) in [5.74, 6) is -1.35. The Morgan fingerprint density at radius 2 is 1.94 bits per heavy atom. The van der Waals surface area contributed by atoms with Gasteiger partial charge in [-0.3, -0.25) is 0 Å². The predicted molar refractivity (Wildman–Crippen MR) is 54.6 cm³/mol. The number of halogens is 2. The Balaban J connectivity index is 2.63. The van der Waals surface area contributed by atoms with Gasteiger partial charge in [-0.15, -0.1) is 0 Å². The standard InChI is InChI=1S/C11H10F2N2O/c1-6-11(16)7(2)15(14-6)10-4-3-8(12)5-9(10)13/h3-5,16H,1-2H3. The van der Waals surface area contributed by atoms with E-state index in [9.17, 15) is 13.9 Å². The van der Waals surface area contributed by atoms with Crippen molar-refractivity contribution in [3.63, 3.8) is 0 Å². The Morgan fingerprint density at radius 3 is 2.44 bits per heavy atom. The molecule has 1 aromatic heterocycles. The smallest absolute Gasteiger partial charge is 0.159 e. The molecule has 0 spiro atoms. The van der Waals surface area contributed by atoms with Crippen LogP contribution in [0.2, 0.25) is 0 Å². The highest BCUT2D eigenvalue weighted by atomic mass is 19.1. The second-order valence-corrected chi connectivity index (χ2v) is 3.53. The van der Waals surface area contributed by atoms with Crippen LogP contribution in [0.5, 0.6) is 5.75 Å². The molecule has 1 heterocycles. The first kappa shape index (κ1) is 10.6. The summed E-state index contributed by atoms with van der Waals surface area (Å²) < 4.78 is 27.5. The molecule has 0 aliphatic rings. The minimum atomic E-state index is -0.717. The second kappa shape index (κ2) is 3.59. The fourth-order valence-electron chi connectivity index (χ4n) is 1.52. The van der Waals surface area contributed by atoms with E-state index in [4.69, 9.17) is 0 Å². The molecule has 0 atom stereocenters. The van der Waals surface area contributed by atoms with E-state index in [0.717, 1.165) is 12.1 Å². The highest BCUT2D eigenvalue weighted by Crippen LogP contribution is 2.24. The van der Waals surface area contributed by atoms with E-state index in [0.29, 0.717) is 11.4 Å². The zero-order valence-electron chi connectivity index (χ0n) is 8.83. The van der Waals surface area contributed by atoms with Gasteiger partial charge in [-0.25, -0.2) is 13.5 Å². The van der Waals surface area contributed by atoms with Crippen LogP contribution in [0.15, 0.2) is 18.2 Å². The van der Waals surface area contributed by atoms with Gasteiger partial charge in [0.15, 0.2) is 11.6 Å². The Hall–Kier alpha value is -1.91. The molecule has 0 saturated carbocycles. The Bertz CT molecular complexity index is 549. The molecule has 3 nitrogen and oxygen atoms in total. The third-order valence-electron chi connectivity index (χ3n) is 2.39. The fourth-order valence-corrected chi connectivity index (χ4v) is 1.52. The maximum absolute atomic E-state index is 13.5. The Kier molecular flexibility index (Phi) is 2.38. The summed E-state index contributed by atoms with van der Waals surface area (Å²) in [7, 11) is 0. The van der Waals surface area contributed by atoms with Gasteiger partial charge >= 0.3 is 0 Å². The Labute approximate surface area is 91.0 Å². The molecule has 0 aliphatic heterocycles. The van der Waals surface area contributed by atoms with Crippen LogP contribution in [-0.4, -0.2) is 14.9 Å². The van der Waals surface area contributed by atoms with Crippen LogP contribution in [0.3, 0.4) is 0 Å². The van der Waals surface area contributed by atoms with Gasteiger partial charge in [0.1, 0.15) is 17.2 Å². The number of rotatable bonds is 1. The molecule has 0 saturated heterocycles. The van der Waals surface area contributed by atoms with Crippen LogP contribution in [-0.2, 0) is 0 Å². The summed E-state index contributed by atoms with van der Waals surface area (Å²) in [5.41, 5.74) is 0.937. The first-order chi connectivity index (χ1) is 7.50. The highest BCUT2D eigenvalue weighted by Gasteiger charge is 2.14. The van der Waals surface area contributed by atoms with E-state index < -0.39 is 11.6 Å². The van der Waals surface area contributed by atoms with Gasteiger partial charge in [0.25, 0.3) is 0 Å². The molecule has 0 radical (unpaired) electrons. The van der Waals surface area contributed by atoms with Crippen molar-refractivity contribution in [2.75, 3.05) is 0 Å². The molecule has 0 bridgehead atoms. The number of hydrogen-bond donors (Lipinski definition) is 1. The molecule has 84 valence electrons. The van der Waals surface area contributed by atoms with Crippen LogP contribution in [0.4, 0.5) is 8.78 Å². The summed E-state index contributed by atoms with van der Waals surface area (Å²) in [6.07, 6.45) is 0. The highest BCUT2D eigenvalue weighted by molar-refractivity contribution is 5.40. The van der Waals surface area contributed by atoms with E-state index in [-0.39, 0.29) is 11.4 Å². The maximum Gasteiger partial charge on any atom is 0.159 e. The van der Waals surface area contributed by atoms with Gasteiger partial charge in [-0.05, 0) is 26.0 Å². The zero-order valence-corrected chi connectivity index (χ0v) is 8.83. The predicted octanol–water partition coefficient (Wildman–Crippen LogP) is 2.47. The average molecular weight is 224 g/mol. The lowest BCUT2D eigenvalue weighted by Crippen LogP contribution is -2.02. The largest absolute Gasteiger partial charge is 0.504 e. The fraction of sp³-hybridized carbons (Fsp3) is 0.182. The normalized spacial score (nSPS) is 10.8. The van der Waals surface area contributed by atoms with E-state index >= 15 is 0 Å². The molecule has 1 N–H and O–H groups in total. The van der Waals surface area contributed by atoms with Crippen molar-refractivity contribution in [2.24, 2.45) is 0 Å². The third-order valence-corrected chi connectivity index (χ3v) is 2.39. The van der Waals surface area contributed by atoms with E-state index in [1.54, 1.807) is 13.8 Å². The molecular weight excluding hydrogens is 214 g/mol. The summed E-state index contributed by atoms with van der Waals surface area (Å²) >= 11 is 0. The summed E-state index contributed by atoms with van der Waals surface area (Å²) in [6.45, 7) is 3.22. The quantitative estimate of drug-likeness (QED) is 0.808. The van der Waals surface area contributed by atoms with Crippen LogP contribution in [0.25, 0.3) is 5.69 Å². The minimum Gasteiger partial charge on any atom is -0.504 e. The zero-order chi connectivity index (χ0) is 11.9. The molecule has 16 heavy (non-hydrogen) atoms. The number of aromatic hydroxyl groups is 1. The number of aryl methyl sites for hydroxylation is 1. The van der Waals surface area contributed by atoms with Gasteiger partial charge in [0.05, 0.1) is 5.69 Å². The number of benzene rings is 1. The van der Waals surface area contributed by atoms with Crippen LogP contribution < -0.4 is 0 Å². The first-order valence-electron chi connectivity index (χ1n) is 4.71. The lowest BCUT2D eigenvalue weighted by atomic mass is 10.3. The number of aromatic nitrogens is 2. The molecule has 2 rings (SSSR count). The van der Waals surface area contributed by atoms with Crippen molar-refractivity contribution in [1.29, 1.82) is 0 Å². The molecule has 2 aromatic rings. The van der Waals surface area contributed by atoms with Crippen molar-refractivity contribution in [3.8, 4) is 11.4 Å². The van der Waals surface area contributed by atoms with Crippen molar-refractivity contribution in [2.45, 2.75) is 13.8 Å². The van der Waals surface area contributed by atoms with Crippen molar-refractivity contribution >= 4 is 0 Å². The van der Waals surface area contributed by atoms with Crippen LogP contribution >= 0.6 is 0 Å². The minimum absolute atomic E-state index is 0.0173. The maximum atomic E-state index is 13.5. The summed E-state index contributed by atoms with van der Waals surface area (Å²) in [6, 6.07) is 3.21. The summed E-state index contributed by atoms with van der Waals surface area (Å²) in [5, 5.41) is 13.5. The van der Waals surface area contributed by atoms with E-state index in [1.165, 1.54) is 10.7 Å². The summed E-state index contributed by atoms with van der Waals surface area (Å²) in [4.78, 5) is 0. The number of hydrogen-bond acceptors (Lipinski definition) is 2. The van der Waals surface area contributed by atoms with Gasteiger partial charge in [-0.2, -0.15) is 5.10 Å². The molecule has 5 heteroatoms. The molecule has 0 unspecified atom stereocenters. The SMILES string of the molecule is Cc1nn(-c2ccc(F)cc2F)c(C)c1O. The Morgan fingerprint density at radius 1 is 1.25 bits per heavy atom. The van der Waals surface area contributed by atoms with Gasteiger partial charge in [0, 0.05) is 6.07 Å². The van der Waals surface area contributed by atoms with Gasteiger partial charge in [0.2, 0.25) is 0 Å². The average Bonchev–Trinajstić information content (AvgIpc) is 2.46. The van der Waals surface area contributed by atoms with Gasteiger partial charge < -0.3 is 5.11 Å². The monoisotopic (exact) mass is 224 g/mol. The third kappa shape index (κ3) is 1.54. The van der Waals surface area contributed by atoms with Crippen LogP contribution in [0.1, 0.15) is 11.4 Å². The molecule has 0 amide bonds. The lowest BCUT2D eigenvalue weighted by Gasteiger charge is -2.05. The molecule has 0 aliphatic carbocycles. The lowest BCUT2D eigenvalue weighted by molar-refractivity contribution is 0.466. The van der Waals surface area contributed by atoms with Crippen molar-refractivity contribution < 1.29 is 13.9 Å².